The Morgan fingerprint density at radius 1 is 1.00 bits per heavy atom. The summed E-state index contributed by atoms with van der Waals surface area (Å²) in [6.07, 6.45) is 9.06. The largest absolute Gasteiger partial charge is 0.383 e. The van der Waals surface area contributed by atoms with Gasteiger partial charge < -0.3 is 14.5 Å². The van der Waals surface area contributed by atoms with Crippen molar-refractivity contribution in [3.05, 3.63) is 0 Å². The minimum absolute atomic E-state index is 0.212. The fourth-order valence-electron chi connectivity index (χ4n) is 4.79. The normalized spacial score (nSPS) is 28.4. The Bertz CT molecular complexity index is 491. The number of hydrogen-bond acceptors (Lipinski definition) is 4. The molecule has 0 saturated carbocycles. The second-order valence-electron chi connectivity index (χ2n) is 8.28. The maximum atomic E-state index is 13.0. The number of amides is 2. The van der Waals surface area contributed by atoms with E-state index < -0.39 is 0 Å². The number of likely N-dealkylation sites (tertiary alicyclic amines) is 3. The van der Waals surface area contributed by atoms with Crippen LogP contribution in [-0.4, -0.2) is 86.0 Å². The molecule has 6 nitrogen and oxygen atoms in total. The van der Waals surface area contributed by atoms with E-state index in [2.05, 4.69) is 4.90 Å². The van der Waals surface area contributed by atoms with Crippen LogP contribution in [0, 0.1) is 5.41 Å². The predicted octanol–water partition coefficient (Wildman–Crippen LogP) is 1.74. The van der Waals surface area contributed by atoms with Gasteiger partial charge in [-0.25, -0.2) is 0 Å². The summed E-state index contributed by atoms with van der Waals surface area (Å²) in [6, 6.07) is 0. The molecule has 0 aliphatic carbocycles. The van der Waals surface area contributed by atoms with Gasteiger partial charge in [-0.05, 0) is 45.2 Å². The highest BCUT2D eigenvalue weighted by atomic mass is 16.5. The van der Waals surface area contributed by atoms with Crippen LogP contribution in [0.15, 0.2) is 0 Å². The summed E-state index contributed by atoms with van der Waals surface area (Å²) >= 11 is 0. The lowest BCUT2D eigenvalue weighted by Gasteiger charge is -2.39. The van der Waals surface area contributed by atoms with E-state index in [1.807, 2.05) is 9.80 Å². The average Bonchev–Trinajstić information content (AvgIpc) is 3.04. The smallest absolute Gasteiger partial charge is 0.236 e. The van der Waals surface area contributed by atoms with E-state index in [-0.39, 0.29) is 17.2 Å². The van der Waals surface area contributed by atoms with Gasteiger partial charge in [-0.1, -0.05) is 19.3 Å². The molecule has 3 heterocycles. The van der Waals surface area contributed by atoms with Crippen molar-refractivity contribution >= 4 is 11.8 Å². The molecule has 3 rings (SSSR count). The Labute approximate surface area is 157 Å². The van der Waals surface area contributed by atoms with Gasteiger partial charge in [0.05, 0.1) is 18.6 Å². The number of carbonyl (C=O) groups excluding carboxylic acids is 2. The van der Waals surface area contributed by atoms with E-state index in [0.717, 1.165) is 45.4 Å². The molecule has 3 saturated heterocycles. The highest BCUT2D eigenvalue weighted by molar-refractivity contribution is 5.86. The maximum Gasteiger partial charge on any atom is 0.236 e. The number of methoxy groups -OCH3 is 1. The number of hydrogen-bond donors (Lipinski definition) is 0. The monoisotopic (exact) mass is 365 g/mol. The van der Waals surface area contributed by atoms with Crippen LogP contribution >= 0.6 is 0 Å². The topological polar surface area (TPSA) is 53.1 Å². The van der Waals surface area contributed by atoms with Gasteiger partial charge in [0.1, 0.15) is 0 Å². The van der Waals surface area contributed by atoms with Crippen molar-refractivity contribution in [1.29, 1.82) is 0 Å². The molecule has 0 radical (unpaired) electrons. The first-order chi connectivity index (χ1) is 12.6. The van der Waals surface area contributed by atoms with Crippen molar-refractivity contribution in [2.75, 3.05) is 59.5 Å². The third-order valence-electron chi connectivity index (χ3n) is 6.40. The van der Waals surface area contributed by atoms with Crippen LogP contribution in [-0.2, 0) is 14.3 Å². The number of nitrogens with zero attached hydrogens (tertiary/aromatic N) is 3. The minimum Gasteiger partial charge on any atom is -0.383 e. The SMILES string of the molecule is COCCN1CCCC2(CCN(C(=O)CN3CCCCCCC3)C2)C1=O. The highest BCUT2D eigenvalue weighted by Gasteiger charge is 2.49. The molecule has 0 aromatic carbocycles. The van der Waals surface area contributed by atoms with Gasteiger partial charge in [-0.2, -0.15) is 0 Å². The standard InChI is InChI=1S/C20H35N3O3/c1-26-15-14-22-12-7-8-20(19(22)25)9-13-23(17-20)18(24)16-21-10-5-3-2-4-6-11-21/h2-17H2,1H3. The van der Waals surface area contributed by atoms with Gasteiger partial charge in [0.15, 0.2) is 0 Å². The number of carbonyl (C=O) groups is 2. The van der Waals surface area contributed by atoms with Crippen molar-refractivity contribution in [3.8, 4) is 0 Å². The first-order valence-corrected chi connectivity index (χ1v) is 10.4. The quantitative estimate of drug-likeness (QED) is 0.745. The summed E-state index contributed by atoms with van der Waals surface area (Å²) in [4.78, 5) is 32.1. The molecule has 0 N–H and O–H groups in total. The van der Waals surface area contributed by atoms with E-state index in [1.54, 1.807) is 7.11 Å². The maximum absolute atomic E-state index is 13.0. The lowest BCUT2D eigenvalue weighted by molar-refractivity contribution is -0.146. The van der Waals surface area contributed by atoms with Crippen molar-refractivity contribution in [3.63, 3.8) is 0 Å². The molecule has 2 amide bonds. The van der Waals surface area contributed by atoms with Crippen molar-refractivity contribution in [2.24, 2.45) is 5.41 Å². The molecule has 3 aliphatic rings. The Hall–Kier alpha value is -1.14. The number of rotatable bonds is 5. The van der Waals surface area contributed by atoms with Crippen molar-refractivity contribution < 1.29 is 14.3 Å². The van der Waals surface area contributed by atoms with Gasteiger partial charge in [0.2, 0.25) is 11.8 Å². The first-order valence-electron chi connectivity index (χ1n) is 10.4. The molecule has 0 aromatic heterocycles. The zero-order chi connectivity index (χ0) is 18.4. The zero-order valence-electron chi connectivity index (χ0n) is 16.4. The third-order valence-corrected chi connectivity index (χ3v) is 6.40. The van der Waals surface area contributed by atoms with Crippen LogP contribution in [0.5, 0.6) is 0 Å². The Morgan fingerprint density at radius 2 is 1.73 bits per heavy atom. The Balaban J connectivity index is 1.54. The molecule has 1 atom stereocenters. The summed E-state index contributed by atoms with van der Waals surface area (Å²) in [6.45, 7) is 6.02. The Kier molecular flexibility index (Phi) is 6.92. The fraction of sp³-hybridized carbons (Fsp3) is 0.900. The van der Waals surface area contributed by atoms with E-state index in [0.29, 0.717) is 26.2 Å². The first kappa shape index (κ1) is 19.6. The van der Waals surface area contributed by atoms with Crippen LogP contribution < -0.4 is 0 Å². The minimum atomic E-state index is -0.335. The number of ether oxygens (including phenoxy) is 1. The molecule has 1 spiro atoms. The zero-order valence-corrected chi connectivity index (χ0v) is 16.4. The third kappa shape index (κ3) is 4.58. The molecular weight excluding hydrogens is 330 g/mol. The van der Waals surface area contributed by atoms with E-state index in [4.69, 9.17) is 4.74 Å². The average molecular weight is 366 g/mol. The molecule has 3 aliphatic heterocycles. The molecule has 0 bridgehead atoms. The van der Waals surface area contributed by atoms with Crippen LogP contribution in [0.25, 0.3) is 0 Å². The van der Waals surface area contributed by atoms with Gasteiger partial charge in [-0.3, -0.25) is 14.5 Å². The van der Waals surface area contributed by atoms with Gasteiger partial charge in [-0.15, -0.1) is 0 Å². The van der Waals surface area contributed by atoms with Gasteiger partial charge >= 0.3 is 0 Å². The fourth-order valence-corrected chi connectivity index (χ4v) is 4.79. The molecule has 0 aromatic rings. The lowest BCUT2D eigenvalue weighted by atomic mass is 9.78. The summed E-state index contributed by atoms with van der Waals surface area (Å²) in [7, 11) is 1.67. The van der Waals surface area contributed by atoms with E-state index in [9.17, 15) is 9.59 Å². The van der Waals surface area contributed by atoms with E-state index >= 15 is 0 Å². The molecule has 1 unspecified atom stereocenters. The van der Waals surface area contributed by atoms with Gasteiger partial charge in [0, 0.05) is 33.3 Å². The Morgan fingerprint density at radius 3 is 2.46 bits per heavy atom. The van der Waals surface area contributed by atoms with Crippen LogP contribution in [0.2, 0.25) is 0 Å². The van der Waals surface area contributed by atoms with Crippen LogP contribution in [0.4, 0.5) is 0 Å². The van der Waals surface area contributed by atoms with Crippen molar-refractivity contribution in [2.45, 2.75) is 51.4 Å². The second-order valence-corrected chi connectivity index (χ2v) is 8.28. The molecule has 6 heteroatoms. The molecule has 148 valence electrons. The summed E-state index contributed by atoms with van der Waals surface area (Å²) < 4.78 is 5.14. The predicted molar refractivity (Wildman–Crippen MR) is 101 cm³/mol. The molecule has 3 fully saturated rings. The summed E-state index contributed by atoms with van der Waals surface area (Å²) in [5.41, 5.74) is -0.335. The number of piperidine rings is 1. The van der Waals surface area contributed by atoms with Gasteiger partial charge in [0.25, 0.3) is 0 Å². The highest BCUT2D eigenvalue weighted by Crippen LogP contribution is 2.40. The molecular formula is C20H35N3O3. The van der Waals surface area contributed by atoms with E-state index in [1.165, 1.54) is 32.1 Å². The lowest BCUT2D eigenvalue weighted by Crippen LogP contribution is -2.51. The van der Waals surface area contributed by atoms with Crippen molar-refractivity contribution in [1.82, 2.24) is 14.7 Å². The summed E-state index contributed by atoms with van der Waals surface area (Å²) in [5.74, 6) is 0.451. The van der Waals surface area contributed by atoms with Crippen LogP contribution in [0.3, 0.4) is 0 Å². The van der Waals surface area contributed by atoms with Crippen LogP contribution in [0.1, 0.15) is 51.4 Å². The second kappa shape index (κ2) is 9.18. The summed E-state index contributed by atoms with van der Waals surface area (Å²) in [5, 5.41) is 0. The molecule has 26 heavy (non-hydrogen) atoms.